The summed E-state index contributed by atoms with van der Waals surface area (Å²) in [4.78, 5) is 16.0. The zero-order chi connectivity index (χ0) is 16.0. The van der Waals surface area contributed by atoms with E-state index in [4.69, 9.17) is 11.6 Å². The number of benzene rings is 1. The van der Waals surface area contributed by atoms with Gasteiger partial charge < -0.3 is 5.32 Å². The number of halogens is 1. The number of nitrogens with zero attached hydrogens (tertiary/aromatic N) is 1. The number of pyridine rings is 1. The van der Waals surface area contributed by atoms with Crippen molar-refractivity contribution in [3.05, 3.63) is 59.4 Å². The van der Waals surface area contributed by atoms with Crippen molar-refractivity contribution in [2.24, 2.45) is 0 Å². The lowest BCUT2D eigenvalue weighted by Gasteiger charge is -2.06. The Bertz CT molecular complexity index is 731. The van der Waals surface area contributed by atoms with Crippen molar-refractivity contribution in [2.75, 3.05) is 12.3 Å². The van der Waals surface area contributed by atoms with Crippen LogP contribution in [-0.4, -0.2) is 31.6 Å². The largest absolute Gasteiger partial charge is 0.355 e. The van der Waals surface area contributed by atoms with E-state index < -0.39 is 21.5 Å². The third-order valence-electron chi connectivity index (χ3n) is 2.92. The van der Waals surface area contributed by atoms with Crippen molar-refractivity contribution < 1.29 is 13.2 Å². The van der Waals surface area contributed by atoms with Crippen LogP contribution in [0.2, 0.25) is 5.02 Å². The van der Waals surface area contributed by atoms with Gasteiger partial charge in [0.05, 0.1) is 4.90 Å². The molecule has 0 fully saturated rings. The van der Waals surface area contributed by atoms with Crippen LogP contribution in [0, 0.1) is 0 Å². The first kappa shape index (κ1) is 16.5. The van der Waals surface area contributed by atoms with Crippen LogP contribution in [0.4, 0.5) is 0 Å². The summed E-state index contributed by atoms with van der Waals surface area (Å²) in [6.07, 6.45) is 2.22. The molecule has 2 aromatic rings. The van der Waals surface area contributed by atoms with E-state index in [2.05, 4.69) is 10.3 Å². The smallest absolute Gasteiger partial charge is 0.235 e. The second-order valence-corrected chi connectivity index (χ2v) is 7.06. The van der Waals surface area contributed by atoms with Gasteiger partial charge in [0.15, 0.2) is 9.84 Å². The average Bonchev–Trinajstić information content (AvgIpc) is 2.48. The minimum Gasteiger partial charge on any atom is -0.355 e. The van der Waals surface area contributed by atoms with Gasteiger partial charge in [-0.3, -0.25) is 9.78 Å². The van der Waals surface area contributed by atoms with Gasteiger partial charge in [-0.2, -0.15) is 0 Å². The highest BCUT2D eigenvalue weighted by Gasteiger charge is 2.18. The second kappa shape index (κ2) is 7.38. The molecule has 0 bridgehead atoms. The van der Waals surface area contributed by atoms with Gasteiger partial charge in [0.25, 0.3) is 0 Å². The standard InChI is InChI=1S/C15H15ClN2O3S/c16-12-4-6-14(7-5-12)22(20,21)11-15(19)18-10-8-13-3-1-2-9-17-13/h1-7,9H,8,10-11H2,(H,18,19). The van der Waals surface area contributed by atoms with Crippen molar-refractivity contribution in [1.29, 1.82) is 0 Å². The highest BCUT2D eigenvalue weighted by molar-refractivity contribution is 7.92. The SMILES string of the molecule is O=C(CS(=O)(=O)c1ccc(Cl)cc1)NCCc1ccccn1. The molecule has 22 heavy (non-hydrogen) atoms. The van der Waals surface area contributed by atoms with Gasteiger partial charge in [0.1, 0.15) is 5.75 Å². The van der Waals surface area contributed by atoms with Gasteiger partial charge in [-0.05, 0) is 36.4 Å². The Labute approximate surface area is 134 Å². The number of sulfone groups is 1. The van der Waals surface area contributed by atoms with Crippen LogP contribution in [0.1, 0.15) is 5.69 Å². The summed E-state index contributed by atoms with van der Waals surface area (Å²) in [5.41, 5.74) is 0.836. The van der Waals surface area contributed by atoms with Gasteiger partial charge in [-0.25, -0.2) is 8.42 Å². The van der Waals surface area contributed by atoms with Crippen LogP contribution in [0.25, 0.3) is 0 Å². The summed E-state index contributed by atoms with van der Waals surface area (Å²) in [6.45, 7) is 0.339. The lowest BCUT2D eigenvalue weighted by atomic mass is 10.3. The van der Waals surface area contributed by atoms with Gasteiger partial charge >= 0.3 is 0 Å². The Morgan fingerprint density at radius 2 is 1.86 bits per heavy atom. The minimum atomic E-state index is -3.66. The lowest BCUT2D eigenvalue weighted by Crippen LogP contribution is -2.31. The predicted octanol–water partition coefficient (Wildman–Crippen LogP) is 1.87. The molecular weight excluding hydrogens is 324 g/mol. The molecule has 1 aromatic heterocycles. The van der Waals surface area contributed by atoms with E-state index in [0.717, 1.165) is 5.69 Å². The van der Waals surface area contributed by atoms with E-state index in [1.165, 1.54) is 24.3 Å². The van der Waals surface area contributed by atoms with Crippen molar-refractivity contribution in [3.63, 3.8) is 0 Å². The van der Waals surface area contributed by atoms with Crippen LogP contribution in [0.15, 0.2) is 53.6 Å². The Morgan fingerprint density at radius 3 is 2.50 bits per heavy atom. The average molecular weight is 339 g/mol. The van der Waals surface area contributed by atoms with Crippen LogP contribution < -0.4 is 5.32 Å². The number of amides is 1. The Morgan fingerprint density at radius 1 is 1.14 bits per heavy atom. The van der Waals surface area contributed by atoms with Gasteiger partial charge in [-0.15, -0.1) is 0 Å². The maximum Gasteiger partial charge on any atom is 0.235 e. The maximum atomic E-state index is 12.1. The molecule has 0 unspecified atom stereocenters. The number of hydrogen-bond acceptors (Lipinski definition) is 4. The fourth-order valence-electron chi connectivity index (χ4n) is 1.82. The van der Waals surface area contributed by atoms with Gasteiger partial charge in [0.2, 0.25) is 5.91 Å². The Balaban J connectivity index is 1.87. The normalized spacial score (nSPS) is 11.1. The highest BCUT2D eigenvalue weighted by Crippen LogP contribution is 2.15. The van der Waals surface area contributed by atoms with Crippen LogP contribution in [-0.2, 0) is 21.1 Å². The quantitative estimate of drug-likeness (QED) is 0.872. The first-order valence-corrected chi connectivity index (χ1v) is 8.65. The molecule has 0 spiro atoms. The van der Waals surface area contributed by atoms with E-state index in [-0.39, 0.29) is 4.90 Å². The first-order chi connectivity index (χ1) is 10.5. The molecule has 0 aliphatic carbocycles. The summed E-state index contributed by atoms with van der Waals surface area (Å²) in [5, 5.41) is 3.03. The van der Waals surface area contributed by atoms with Gasteiger partial charge in [0, 0.05) is 29.9 Å². The summed E-state index contributed by atoms with van der Waals surface area (Å²) in [6, 6.07) is 11.2. The second-order valence-electron chi connectivity index (χ2n) is 4.63. The highest BCUT2D eigenvalue weighted by atomic mass is 35.5. The molecular formula is C15H15ClN2O3S. The van der Waals surface area contributed by atoms with E-state index >= 15 is 0 Å². The number of nitrogens with one attached hydrogen (secondary N) is 1. The van der Waals surface area contributed by atoms with Crippen LogP contribution in [0.5, 0.6) is 0 Å². The topological polar surface area (TPSA) is 76.1 Å². The third-order valence-corrected chi connectivity index (χ3v) is 4.81. The van der Waals surface area contributed by atoms with E-state index in [0.29, 0.717) is 18.0 Å². The number of hydrogen-bond donors (Lipinski definition) is 1. The summed E-state index contributed by atoms with van der Waals surface area (Å²) in [7, 11) is -3.66. The molecule has 5 nitrogen and oxygen atoms in total. The van der Waals surface area contributed by atoms with E-state index in [1.807, 2.05) is 12.1 Å². The first-order valence-electron chi connectivity index (χ1n) is 6.62. The fourth-order valence-corrected chi connectivity index (χ4v) is 3.12. The van der Waals surface area contributed by atoms with E-state index in [9.17, 15) is 13.2 Å². The number of aromatic nitrogens is 1. The molecule has 1 heterocycles. The number of carbonyl (C=O) groups excluding carboxylic acids is 1. The zero-order valence-corrected chi connectivity index (χ0v) is 13.3. The fraction of sp³-hybridized carbons (Fsp3) is 0.200. The van der Waals surface area contributed by atoms with Gasteiger partial charge in [-0.1, -0.05) is 17.7 Å². The summed E-state index contributed by atoms with van der Waals surface area (Å²) in [5.74, 6) is -1.12. The summed E-state index contributed by atoms with van der Waals surface area (Å²) >= 11 is 5.71. The molecule has 0 saturated carbocycles. The summed E-state index contributed by atoms with van der Waals surface area (Å²) < 4.78 is 24.1. The molecule has 7 heteroatoms. The molecule has 1 aromatic carbocycles. The van der Waals surface area contributed by atoms with Crippen molar-refractivity contribution >= 4 is 27.3 Å². The molecule has 0 atom stereocenters. The number of carbonyl (C=O) groups is 1. The van der Waals surface area contributed by atoms with Crippen LogP contribution in [0.3, 0.4) is 0 Å². The predicted molar refractivity (Wildman–Crippen MR) is 84.5 cm³/mol. The Kier molecular flexibility index (Phi) is 5.51. The molecule has 0 aliphatic rings. The third kappa shape index (κ3) is 4.82. The van der Waals surface area contributed by atoms with E-state index in [1.54, 1.807) is 12.3 Å². The van der Waals surface area contributed by atoms with Crippen LogP contribution >= 0.6 is 11.6 Å². The molecule has 116 valence electrons. The monoisotopic (exact) mass is 338 g/mol. The number of rotatable bonds is 6. The zero-order valence-electron chi connectivity index (χ0n) is 11.7. The molecule has 0 radical (unpaired) electrons. The Hall–Kier alpha value is -1.92. The molecule has 1 amide bonds. The van der Waals surface area contributed by atoms with Crippen molar-refractivity contribution in [2.45, 2.75) is 11.3 Å². The van der Waals surface area contributed by atoms with Crippen molar-refractivity contribution in [1.82, 2.24) is 10.3 Å². The molecule has 0 aliphatic heterocycles. The molecule has 0 saturated heterocycles. The minimum absolute atomic E-state index is 0.0803. The molecule has 2 rings (SSSR count). The van der Waals surface area contributed by atoms with Crippen molar-refractivity contribution in [3.8, 4) is 0 Å². The molecule has 1 N–H and O–H groups in total. The maximum absolute atomic E-state index is 12.1. The lowest BCUT2D eigenvalue weighted by molar-refractivity contribution is -0.118.